The van der Waals surface area contributed by atoms with Gasteiger partial charge in [-0.25, -0.2) is 4.99 Å². The number of hydrogen-bond acceptors (Lipinski definition) is 3. The minimum atomic E-state index is 0.0923. The van der Waals surface area contributed by atoms with Gasteiger partial charge < -0.3 is 11.5 Å². The summed E-state index contributed by atoms with van der Waals surface area (Å²) in [4.78, 5) is 4.66. The predicted octanol–water partition coefficient (Wildman–Crippen LogP) is 2.95. The first-order valence-electron chi connectivity index (χ1n) is 7.92. The highest BCUT2D eigenvalue weighted by atomic mass is 14.9. The Morgan fingerprint density at radius 3 is 2.60 bits per heavy atom. The van der Waals surface area contributed by atoms with Crippen LogP contribution in [0.2, 0.25) is 0 Å². The number of nitrogens with two attached hydrogens (primary N) is 2. The Labute approximate surface area is 121 Å². The lowest BCUT2D eigenvalue weighted by molar-refractivity contribution is 0.344. The summed E-state index contributed by atoms with van der Waals surface area (Å²) in [5, 5.41) is 0. The van der Waals surface area contributed by atoms with Crippen LogP contribution >= 0.6 is 0 Å². The Morgan fingerprint density at radius 2 is 2.00 bits per heavy atom. The minimum absolute atomic E-state index is 0.0923. The summed E-state index contributed by atoms with van der Waals surface area (Å²) >= 11 is 0. The average Bonchev–Trinajstić information content (AvgIpc) is 2.68. The van der Waals surface area contributed by atoms with Gasteiger partial charge in [0.2, 0.25) is 0 Å². The quantitative estimate of drug-likeness (QED) is 0.809. The van der Waals surface area contributed by atoms with Crippen LogP contribution in [-0.4, -0.2) is 12.4 Å². The number of amidine groups is 1. The van der Waals surface area contributed by atoms with Crippen molar-refractivity contribution in [1.82, 2.24) is 0 Å². The van der Waals surface area contributed by atoms with Gasteiger partial charge in [-0.1, -0.05) is 19.4 Å². The highest BCUT2D eigenvalue weighted by Crippen LogP contribution is 2.52. The molecule has 1 heterocycles. The van der Waals surface area contributed by atoms with E-state index >= 15 is 0 Å². The average molecular weight is 271 g/mol. The molecular weight excluding hydrogens is 246 g/mol. The normalized spacial score (nSPS) is 18.8. The maximum absolute atomic E-state index is 6.22. The molecule has 3 heteroatoms. The van der Waals surface area contributed by atoms with Gasteiger partial charge in [-0.05, 0) is 67.8 Å². The van der Waals surface area contributed by atoms with Gasteiger partial charge in [0.25, 0.3) is 0 Å². The molecule has 1 saturated carbocycles. The fraction of sp³-hybridized carbons (Fsp3) is 0.588. The van der Waals surface area contributed by atoms with Crippen LogP contribution in [0.3, 0.4) is 0 Å². The lowest BCUT2D eigenvalue weighted by atomic mass is 9.64. The molecule has 4 N–H and O–H groups in total. The zero-order chi connectivity index (χ0) is 14.2. The van der Waals surface area contributed by atoms with Crippen LogP contribution in [0.25, 0.3) is 0 Å². The summed E-state index contributed by atoms with van der Waals surface area (Å²) < 4.78 is 0. The van der Waals surface area contributed by atoms with Crippen LogP contribution in [0, 0.1) is 0 Å². The van der Waals surface area contributed by atoms with Gasteiger partial charge in [0.1, 0.15) is 5.84 Å². The van der Waals surface area contributed by atoms with E-state index in [1.807, 2.05) is 0 Å². The van der Waals surface area contributed by atoms with Crippen molar-refractivity contribution < 1.29 is 0 Å². The zero-order valence-corrected chi connectivity index (χ0v) is 12.4. The summed E-state index contributed by atoms with van der Waals surface area (Å²) in [5.74, 6) is 0.847. The molecule has 0 saturated heterocycles. The molecule has 1 spiro atoms. The summed E-state index contributed by atoms with van der Waals surface area (Å²) in [6.45, 7) is 3.02. The van der Waals surface area contributed by atoms with E-state index in [-0.39, 0.29) is 5.41 Å². The first kappa shape index (κ1) is 13.6. The van der Waals surface area contributed by atoms with Crippen molar-refractivity contribution in [3.63, 3.8) is 0 Å². The van der Waals surface area contributed by atoms with Gasteiger partial charge in [-0.2, -0.15) is 0 Å². The van der Waals surface area contributed by atoms with E-state index in [1.54, 1.807) is 0 Å². The maximum Gasteiger partial charge on any atom is 0.110 e. The molecule has 20 heavy (non-hydrogen) atoms. The molecule has 0 amide bonds. The monoisotopic (exact) mass is 271 g/mol. The first-order chi connectivity index (χ1) is 9.71. The van der Waals surface area contributed by atoms with E-state index in [4.69, 9.17) is 11.5 Å². The Balaban J connectivity index is 1.94. The molecule has 3 rings (SSSR count). The topological polar surface area (TPSA) is 64.4 Å². The number of benzene rings is 1. The Morgan fingerprint density at radius 1 is 1.20 bits per heavy atom. The number of aliphatic imine (C=N–C) groups is 1. The van der Waals surface area contributed by atoms with Crippen LogP contribution in [0.1, 0.15) is 55.7 Å². The first-order valence-corrected chi connectivity index (χ1v) is 7.92. The van der Waals surface area contributed by atoms with Gasteiger partial charge in [0, 0.05) is 0 Å². The third kappa shape index (κ3) is 1.96. The number of hydrogen-bond donors (Lipinski definition) is 2. The molecular formula is C17H25N3. The molecule has 0 aromatic heterocycles. The number of aryl methyl sites for hydroxylation is 2. The van der Waals surface area contributed by atoms with E-state index in [0.717, 1.165) is 43.8 Å². The van der Waals surface area contributed by atoms with Crippen molar-refractivity contribution >= 4 is 11.5 Å². The highest BCUT2D eigenvalue weighted by molar-refractivity contribution is 6.00. The number of nitrogens with zero attached hydrogens (tertiary/aromatic N) is 1. The minimum Gasteiger partial charge on any atom is -0.386 e. The standard InChI is InChI=1S/C17H25N3/c1-2-12-10-14-15(11-13(12)6-3-4-9-18)20-16(19)17(14)7-5-8-17/h10-11H,2-9,18H2,1H3,(H2,19,20). The number of fused-ring (bicyclic) bond motifs is 2. The molecule has 2 aliphatic rings. The Bertz CT molecular complexity index is 541. The molecule has 0 unspecified atom stereocenters. The largest absolute Gasteiger partial charge is 0.386 e. The Hall–Kier alpha value is -1.35. The van der Waals surface area contributed by atoms with Crippen LogP contribution < -0.4 is 11.5 Å². The summed E-state index contributed by atoms with van der Waals surface area (Å²) in [5.41, 5.74) is 17.3. The summed E-state index contributed by atoms with van der Waals surface area (Å²) in [6.07, 6.45) is 8.06. The van der Waals surface area contributed by atoms with Gasteiger partial charge in [0.05, 0.1) is 11.1 Å². The molecule has 0 bridgehead atoms. The van der Waals surface area contributed by atoms with Gasteiger partial charge in [0.15, 0.2) is 0 Å². The van der Waals surface area contributed by atoms with Crippen molar-refractivity contribution in [3.8, 4) is 0 Å². The molecule has 3 nitrogen and oxygen atoms in total. The summed E-state index contributed by atoms with van der Waals surface area (Å²) in [7, 11) is 0. The fourth-order valence-corrected chi connectivity index (χ4v) is 3.60. The predicted molar refractivity (Wildman–Crippen MR) is 84.6 cm³/mol. The van der Waals surface area contributed by atoms with Crippen molar-refractivity contribution in [3.05, 3.63) is 28.8 Å². The molecule has 1 aliphatic heterocycles. The smallest absolute Gasteiger partial charge is 0.110 e. The van der Waals surface area contributed by atoms with Crippen molar-refractivity contribution in [1.29, 1.82) is 0 Å². The van der Waals surface area contributed by atoms with E-state index in [2.05, 4.69) is 24.0 Å². The second-order valence-corrected chi connectivity index (χ2v) is 6.17. The number of rotatable bonds is 5. The van der Waals surface area contributed by atoms with Gasteiger partial charge in [-0.3, -0.25) is 0 Å². The SMILES string of the molecule is CCc1cc2c(cc1CCCCN)N=C(N)C21CCC1. The third-order valence-corrected chi connectivity index (χ3v) is 5.05. The lowest BCUT2D eigenvalue weighted by Gasteiger charge is -2.39. The van der Waals surface area contributed by atoms with Crippen molar-refractivity contribution in [2.24, 2.45) is 16.5 Å². The molecule has 0 radical (unpaired) electrons. The molecule has 108 valence electrons. The van der Waals surface area contributed by atoms with Crippen LogP contribution in [0.5, 0.6) is 0 Å². The third-order valence-electron chi connectivity index (χ3n) is 5.05. The molecule has 1 aromatic rings. The van der Waals surface area contributed by atoms with Gasteiger partial charge >= 0.3 is 0 Å². The number of unbranched alkanes of at least 4 members (excludes halogenated alkanes) is 1. The van der Waals surface area contributed by atoms with E-state index < -0.39 is 0 Å². The van der Waals surface area contributed by atoms with E-state index in [9.17, 15) is 0 Å². The van der Waals surface area contributed by atoms with Gasteiger partial charge in [-0.15, -0.1) is 0 Å². The van der Waals surface area contributed by atoms with Crippen LogP contribution in [-0.2, 0) is 18.3 Å². The van der Waals surface area contributed by atoms with Crippen molar-refractivity contribution in [2.75, 3.05) is 6.54 Å². The molecule has 0 atom stereocenters. The Kier molecular flexibility index (Phi) is 3.55. The van der Waals surface area contributed by atoms with E-state index in [1.165, 1.54) is 36.0 Å². The fourth-order valence-electron chi connectivity index (χ4n) is 3.60. The van der Waals surface area contributed by atoms with Crippen LogP contribution in [0.4, 0.5) is 5.69 Å². The second-order valence-electron chi connectivity index (χ2n) is 6.17. The maximum atomic E-state index is 6.22. The van der Waals surface area contributed by atoms with E-state index in [0.29, 0.717) is 0 Å². The zero-order valence-electron chi connectivity index (χ0n) is 12.4. The highest BCUT2D eigenvalue weighted by Gasteiger charge is 2.47. The molecule has 1 fully saturated rings. The van der Waals surface area contributed by atoms with Crippen LogP contribution in [0.15, 0.2) is 17.1 Å². The lowest BCUT2D eigenvalue weighted by Crippen LogP contribution is -2.44. The molecule has 1 aliphatic carbocycles. The van der Waals surface area contributed by atoms with Crippen molar-refractivity contribution in [2.45, 2.75) is 57.3 Å². The summed E-state index contributed by atoms with van der Waals surface area (Å²) in [6, 6.07) is 4.67. The second kappa shape index (κ2) is 5.21. The molecule has 1 aromatic carbocycles.